The zero-order valence-corrected chi connectivity index (χ0v) is 17.4. The van der Waals surface area contributed by atoms with Gasteiger partial charge in [-0.05, 0) is 85.5 Å². The molecule has 2 aromatic heterocycles. The zero-order chi connectivity index (χ0) is 19.0. The van der Waals surface area contributed by atoms with Crippen LogP contribution < -0.4 is 0 Å². The monoisotopic (exact) mass is 395 g/mol. The Morgan fingerprint density at radius 1 is 0.793 bits per heavy atom. The van der Waals surface area contributed by atoms with Crippen LogP contribution in [0.15, 0.2) is 60.8 Å². The van der Waals surface area contributed by atoms with Gasteiger partial charge in [0.25, 0.3) is 0 Å². The minimum atomic E-state index is 0.431. The molecule has 29 heavy (non-hydrogen) atoms. The van der Waals surface area contributed by atoms with Crippen molar-refractivity contribution in [2.24, 2.45) is 17.8 Å². The molecule has 2 aromatic carbocycles. The first-order valence-corrected chi connectivity index (χ1v) is 12.0. The number of fused-ring (bicyclic) bond motifs is 3. The van der Waals surface area contributed by atoms with E-state index in [0.717, 1.165) is 23.4 Å². The van der Waals surface area contributed by atoms with Gasteiger partial charge in [0.05, 0.1) is 5.69 Å². The third-order valence-corrected chi connectivity index (χ3v) is 9.31. The second kappa shape index (κ2) is 5.92. The molecule has 2 heterocycles. The lowest BCUT2D eigenvalue weighted by Crippen LogP contribution is -2.48. The molecule has 144 valence electrons. The summed E-state index contributed by atoms with van der Waals surface area (Å²) >= 11 is 1.91. The largest absolute Gasteiger partial charge is 0.256 e. The molecule has 4 fully saturated rings. The van der Waals surface area contributed by atoms with Crippen molar-refractivity contribution in [1.29, 1.82) is 0 Å². The van der Waals surface area contributed by atoms with E-state index in [-0.39, 0.29) is 0 Å². The molecule has 4 aromatic rings. The molecule has 4 bridgehead atoms. The Hall–Kier alpha value is -2.19. The van der Waals surface area contributed by atoms with Crippen molar-refractivity contribution in [3.05, 3.63) is 66.4 Å². The molecule has 0 atom stereocenters. The summed E-state index contributed by atoms with van der Waals surface area (Å²) in [6.07, 6.45) is 10.8. The Balaban J connectivity index is 1.38. The summed E-state index contributed by atoms with van der Waals surface area (Å²) in [4.78, 5) is 4.86. The predicted octanol–water partition coefficient (Wildman–Crippen LogP) is 7.58. The number of pyridine rings is 1. The third-order valence-electron chi connectivity index (χ3n) is 8.09. The standard InChI is InChI=1S/C27H25NS/c1-2-7-25-21(4-1)22-5-3-6-23(26(22)29-25)24-13-20(8-9-28-24)27-14-17-10-18(15-27)12-19(11-17)16-27/h1-9,13,17-19H,10-12,14-16H2. The molecule has 0 spiro atoms. The lowest BCUT2D eigenvalue weighted by molar-refractivity contribution is -0.00520. The number of benzene rings is 2. The predicted molar refractivity (Wildman–Crippen MR) is 122 cm³/mol. The second-order valence-corrected chi connectivity index (χ2v) is 11.0. The molecule has 0 N–H and O–H groups in total. The van der Waals surface area contributed by atoms with E-state index in [1.165, 1.54) is 64.3 Å². The van der Waals surface area contributed by atoms with E-state index in [0.29, 0.717) is 5.41 Å². The van der Waals surface area contributed by atoms with Gasteiger partial charge in [-0.15, -0.1) is 11.3 Å². The summed E-state index contributed by atoms with van der Waals surface area (Å²) in [5.41, 5.74) is 4.46. The van der Waals surface area contributed by atoms with Crippen molar-refractivity contribution >= 4 is 31.5 Å². The molecular weight excluding hydrogens is 370 g/mol. The van der Waals surface area contributed by atoms with Gasteiger partial charge in [0.15, 0.2) is 0 Å². The van der Waals surface area contributed by atoms with Gasteiger partial charge < -0.3 is 0 Å². The van der Waals surface area contributed by atoms with Crippen molar-refractivity contribution < 1.29 is 0 Å². The number of nitrogens with zero attached hydrogens (tertiary/aromatic N) is 1. The van der Waals surface area contributed by atoms with E-state index in [1.54, 1.807) is 5.56 Å². The van der Waals surface area contributed by atoms with Crippen LogP contribution in [0.1, 0.15) is 44.1 Å². The molecule has 0 unspecified atom stereocenters. The van der Waals surface area contributed by atoms with E-state index in [2.05, 4.69) is 60.8 Å². The summed E-state index contributed by atoms with van der Waals surface area (Å²) in [5, 5.41) is 2.73. The van der Waals surface area contributed by atoms with Crippen molar-refractivity contribution in [2.45, 2.75) is 43.9 Å². The zero-order valence-electron chi connectivity index (χ0n) is 16.6. The summed E-state index contributed by atoms with van der Waals surface area (Å²) in [7, 11) is 0. The van der Waals surface area contributed by atoms with Crippen molar-refractivity contribution in [1.82, 2.24) is 4.98 Å². The number of aromatic nitrogens is 1. The molecule has 2 heteroatoms. The van der Waals surface area contributed by atoms with Crippen LogP contribution in [0.25, 0.3) is 31.4 Å². The smallest absolute Gasteiger partial charge is 0.0719 e. The van der Waals surface area contributed by atoms with Crippen LogP contribution in [0.4, 0.5) is 0 Å². The molecule has 4 aliphatic rings. The highest BCUT2D eigenvalue weighted by atomic mass is 32.1. The number of hydrogen-bond donors (Lipinski definition) is 0. The van der Waals surface area contributed by atoms with Crippen molar-refractivity contribution in [3.8, 4) is 11.3 Å². The van der Waals surface area contributed by atoms with Gasteiger partial charge in [-0.2, -0.15) is 0 Å². The molecule has 0 saturated heterocycles. The summed E-state index contributed by atoms with van der Waals surface area (Å²) in [5.74, 6) is 2.93. The first-order valence-electron chi connectivity index (χ1n) is 11.1. The third kappa shape index (κ3) is 2.42. The Bertz CT molecular complexity index is 1210. The first kappa shape index (κ1) is 16.6. The van der Waals surface area contributed by atoms with Crippen LogP contribution >= 0.6 is 11.3 Å². The molecule has 8 rings (SSSR count). The van der Waals surface area contributed by atoms with Crippen LogP contribution in [-0.4, -0.2) is 4.98 Å². The topological polar surface area (TPSA) is 12.9 Å². The van der Waals surface area contributed by atoms with Gasteiger partial charge in [0.2, 0.25) is 0 Å². The van der Waals surface area contributed by atoms with Gasteiger partial charge in [-0.25, -0.2) is 0 Å². The van der Waals surface area contributed by atoms with Crippen LogP contribution in [0, 0.1) is 17.8 Å². The van der Waals surface area contributed by atoms with Crippen molar-refractivity contribution in [3.63, 3.8) is 0 Å². The van der Waals surface area contributed by atoms with Gasteiger partial charge in [0, 0.05) is 31.9 Å². The maximum atomic E-state index is 4.86. The Kier molecular flexibility index (Phi) is 3.39. The normalized spacial score (nSPS) is 30.4. The lowest BCUT2D eigenvalue weighted by atomic mass is 9.48. The first-order chi connectivity index (χ1) is 14.3. The quantitative estimate of drug-likeness (QED) is 0.341. The minimum Gasteiger partial charge on any atom is -0.256 e. The molecule has 4 saturated carbocycles. The maximum absolute atomic E-state index is 4.86. The van der Waals surface area contributed by atoms with Gasteiger partial charge >= 0.3 is 0 Å². The highest BCUT2D eigenvalue weighted by Crippen LogP contribution is 2.60. The van der Waals surface area contributed by atoms with Crippen LogP contribution in [0.3, 0.4) is 0 Å². The number of thiophene rings is 1. The molecular formula is C27H25NS. The second-order valence-electron chi connectivity index (χ2n) is 9.91. The SMILES string of the molecule is c1ccc2c(c1)sc1c(-c3cc(C45CC6CC(CC(C6)C4)C5)ccn3)cccc12. The molecule has 0 aliphatic heterocycles. The fourth-order valence-corrected chi connectivity index (χ4v) is 8.55. The van der Waals surface area contributed by atoms with E-state index in [4.69, 9.17) is 4.98 Å². The highest BCUT2D eigenvalue weighted by Gasteiger charge is 2.51. The number of rotatable bonds is 2. The Labute approximate surface area is 175 Å². The summed E-state index contributed by atoms with van der Waals surface area (Å²) in [6, 6.07) is 20.3. The molecule has 4 aliphatic carbocycles. The fraction of sp³-hybridized carbons (Fsp3) is 0.370. The van der Waals surface area contributed by atoms with Crippen LogP contribution in [0.2, 0.25) is 0 Å². The van der Waals surface area contributed by atoms with Gasteiger partial charge in [-0.1, -0.05) is 36.4 Å². The van der Waals surface area contributed by atoms with E-state index in [1.807, 2.05) is 11.3 Å². The van der Waals surface area contributed by atoms with Crippen LogP contribution in [0.5, 0.6) is 0 Å². The Morgan fingerprint density at radius 2 is 1.52 bits per heavy atom. The van der Waals surface area contributed by atoms with E-state index >= 15 is 0 Å². The lowest BCUT2D eigenvalue weighted by Gasteiger charge is -2.57. The van der Waals surface area contributed by atoms with E-state index in [9.17, 15) is 0 Å². The molecule has 1 nitrogen and oxygen atoms in total. The minimum absolute atomic E-state index is 0.431. The summed E-state index contributed by atoms with van der Waals surface area (Å²) < 4.78 is 2.75. The fourth-order valence-electron chi connectivity index (χ4n) is 7.32. The van der Waals surface area contributed by atoms with E-state index < -0.39 is 0 Å². The highest BCUT2D eigenvalue weighted by molar-refractivity contribution is 7.26. The average Bonchev–Trinajstić information content (AvgIpc) is 3.12. The number of hydrogen-bond acceptors (Lipinski definition) is 2. The Morgan fingerprint density at radius 3 is 2.31 bits per heavy atom. The summed E-state index contributed by atoms with van der Waals surface area (Å²) in [6.45, 7) is 0. The van der Waals surface area contributed by atoms with Gasteiger partial charge in [-0.3, -0.25) is 4.98 Å². The van der Waals surface area contributed by atoms with Gasteiger partial charge in [0.1, 0.15) is 0 Å². The van der Waals surface area contributed by atoms with Crippen molar-refractivity contribution in [2.75, 3.05) is 0 Å². The molecule has 0 radical (unpaired) electrons. The molecule has 0 amide bonds. The maximum Gasteiger partial charge on any atom is 0.0719 e. The average molecular weight is 396 g/mol. The van der Waals surface area contributed by atoms with Crippen LogP contribution in [-0.2, 0) is 5.41 Å².